The summed E-state index contributed by atoms with van der Waals surface area (Å²) in [6.07, 6.45) is -3.70. The Balaban J connectivity index is 1.90. The fraction of sp³-hybridized carbons (Fsp3) is 0.562. The summed E-state index contributed by atoms with van der Waals surface area (Å²) < 4.78 is 6.79. The number of amides is 2. The summed E-state index contributed by atoms with van der Waals surface area (Å²) >= 11 is 0. The zero-order chi connectivity index (χ0) is 22.2. The Morgan fingerprint density at radius 1 is 1.30 bits per heavy atom. The number of aliphatic carboxylic acids is 1. The van der Waals surface area contributed by atoms with Crippen LogP contribution in [0, 0.1) is 0 Å². The Bertz CT molecular complexity index is 936. The van der Waals surface area contributed by atoms with E-state index < -0.39 is 55.3 Å². The highest BCUT2D eigenvalue weighted by atomic mass is 16.6. The van der Waals surface area contributed by atoms with Crippen molar-refractivity contribution in [3.63, 3.8) is 0 Å². The van der Waals surface area contributed by atoms with E-state index in [9.17, 15) is 30.0 Å². The molecule has 164 valence electrons. The number of carbonyl (C=O) groups is 2. The number of urea groups is 1. The van der Waals surface area contributed by atoms with Crippen LogP contribution in [0.2, 0.25) is 0 Å². The van der Waals surface area contributed by atoms with Crippen LogP contribution in [0.15, 0.2) is 12.7 Å². The second-order valence-corrected chi connectivity index (χ2v) is 6.82. The van der Waals surface area contributed by atoms with Crippen LogP contribution in [-0.4, -0.2) is 101 Å². The van der Waals surface area contributed by atoms with Gasteiger partial charge >= 0.3 is 12.0 Å². The van der Waals surface area contributed by atoms with Gasteiger partial charge in [0, 0.05) is 7.05 Å². The van der Waals surface area contributed by atoms with Crippen LogP contribution in [0.1, 0.15) is 13.2 Å². The number of nitrogens with one attached hydrogen (secondary N) is 1. The Hall–Kier alpha value is -2.91. The van der Waals surface area contributed by atoms with E-state index in [0.29, 0.717) is 0 Å². The number of anilines is 1. The quantitative estimate of drug-likeness (QED) is 0.283. The van der Waals surface area contributed by atoms with Gasteiger partial charge in [-0.05, 0) is 6.92 Å². The van der Waals surface area contributed by atoms with Crippen LogP contribution >= 0.6 is 0 Å². The van der Waals surface area contributed by atoms with Gasteiger partial charge < -0.3 is 35.6 Å². The van der Waals surface area contributed by atoms with Crippen molar-refractivity contribution in [3.05, 3.63) is 12.7 Å². The molecule has 0 aromatic carbocycles. The number of aromatic nitrogens is 4. The van der Waals surface area contributed by atoms with Crippen LogP contribution in [-0.2, 0) is 9.53 Å². The lowest BCUT2D eigenvalue weighted by molar-refractivity contribution is -0.141. The van der Waals surface area contributed by atoms with E-state index in [1.165, 1.54) is 24.9 Å². The molecule has 14 heteroatoms. The van der Waals surface area contributed by atoms with Gasteiger partial charge in [-0.1, -0.05) is 0 Å². The molecule has 2 aromatic rings. The van der Waals surface area contributed by atoms with Gasteiger partial charge in [0.2, 0.25) is 0 Å². The van der Waals surface area contributed by atoms with E-state index in [0.717, 1.165) is 11.2 Å². The van der Waals surface area contributed by atoms with Gasteiger partial charge in [0.15, 0.2) is 29.3 Å². The smallest absolute Gasteiger partial charge is 0.328 e. The number of ether oxygens (including phenoxy) is 1. The van der Waals surface area contributed by atoms with E-state index in [-0.39, 0.29) is 17.0 Å². The van der Waals surface area contributed by atoms with Crippen LogP contribution in [0.5, 0.6) is 0 Å². The second-order valence-electron chi connectivity index (χ2n) is 6.82. The highest BCUT2D eigenvalue weighted by molar-refractivity contribution is 5.99. The zero-order valence-corrected chi connectivity index (χ0v) is 16.0. The third-order valence-corrected chi connectivity index (χ3v) is 4.78. The number of aliphatic hydroxyl groups excluding tert-OH is 4. The molecule has 1 aliphatic heterocycles. The summed E-state index contributed by atoms with van der Waals surface area (Å²) in [6, 6.07) is -2.39. The number of fused-ring (bicyclic) bond motifs is 1. The van der Waals surface area contributed by atoms with Crippen molar-refractivity contribution < 1.29 is 39.9 Å². The molecule has 2 amide bonds. The van der Waals surface area contributed by atoms with Crippen molar-refractivity contribution >= 4 is 29.0 Å². The molecular formula is C16H22N6O8. The third-order valence-electron chi connectivity index (χ3n) is 4.78. The van der Waals surface area contributed by atoms with E-state index in [1.54, 1.807) is 0 Å². The number of carboxylic acid groups (broad SMARTS) is 1. The molecule has 3 unspecified atom stereocenters. The molecule has 0 spiro atoms. The van der Waals surface area contributed by atoms with Gasteiger partial charge in [-0.15, -0.1) is 0 Å². The van der Waals surface area contributed by atoms with E-state index >= 15 is 0 Å². The largest absolute Gasteiger partial charge is 0.480 e. The molecule has 0 radical (unpaired) electrons. The monoisotopic (exact) mass is 426 g/mol. The number of carbonyl (C=O) groups excluding carboxylic acids is 1. The Morgan fingerprint density at radius 3 is 2.57 bits per heavy atom. The molecule has 0 saturated carbocycles. The third kappa shape index (κ3) is 3.78. The topological polar surface area (TPSA) is 203 Å². The normalized spacial score (nSPS) is 25.8. The predicted molar refractivity (Wildman–Crippen MR) is 98.4 cm³/mol. The average molecular weight is 426 g/mol. The first-order valence-electron chi connectivity index (χ1n) is 8.92. The van der Waals surface area contributed by atoms with Crippen molar-refractivity contribution in [2.75, 3.05) is 18.6 Å². The van der Waals surface area contributed by atoms with Gasteiger partial charge in [0.1, 0.15) is 24.6 Å². The van der Waals surface area contributed by atoms with Crippen molar-refractivity contribution in [1.29, 1.82) is 0 Å². The van der Waals surface area contributed by atoms with Gasteiger partial charge in [0.05, 0.1) is 19.0 Å². The number of carboxylic acids is 1. The van der Waals surface area contributed by atoms with Gasteiger partial charge in [-0.2, -0.15) is 0 Å². The fourth-order valence-electron chi connectivity index (χ4n) is 3.10. The molecular weight excluding hydrogens is 404 g/mol. The minimum Gasteiger partial charge on any atom is -0.480 e. The average Bonchev–Trinajstić information content (AvgIpc) is 3.26. The molecule has 30 heavy (non-hydrogen) atoms. The summed E-state index contributed by atoms with van der Waals surface area (Å²) in [6.45, 7) is 0.725. The molecule has 2 aromatic heterocycles. The second kappa shape index (κ2) is 8.45. The van der Waals surface area contributed by atoms with Crippen LogP contribution in [0.4, 0.5) is 10.6 Å². The number of hydrogen-bond acceptors (Lipinski definition) is 10. The Labute approximate surface area is 169 Å². The number of nitrogens with zero attached hydrogens (tertiary/aromatic N) is 5. The van der Waals surface area contributed by atoms with Gasteiger partial charge in [0.25, 0.3) is 0 Å². The standard InChI is InChI=1S/C16H22N6O8/c1-6(24)8(15(27)28)20-16(29)21(2)12-9-13(18-4-17-12)22(5-19-9)14-11(26)10(25)7(3-23)30-14/h4-8,10-11,14,23-26H,3H2,1-2H3,(H,20,29)(H,27,28)/t6?,7-,8?,10?,11+,14-/m1/s1. The first-order chi connectivity index (χ1) is 14.2. The van der Waals surface area contributed by atoms with Gasteiger partial charge in [-0.3, -0.25) is 9.47 Å². The summed E-state index contributed by atoms with van der Waals surface area (Å²) in [4.78, 5) is 36.9. The first-order valence-corrected chi connectivity index (χ1v) is 8.92. The lowest BCUT2D eigenvalue weighted by Crippen LogP contribution is -2.51. The highest BCUT2D eigenvalue weighted by Crippen LogP contribution is 2.32. The summed E-state index contributed by atoms with van der Waals surface area (Å²) in [5.74, 6) is -1.38. The maximum absolute atomic E-state index is 12.5. The van der Waals surface area contributed by atoms with E-state index in [4.69, 9.17) is 9.84 Å². The Kier molecular flexibility index (Phi) is 6.14. The molecule has 6 N–H and O–H groups in total. The molecule has 3 rings (SSSR count). The van der Waals surface area contributed by atoms with Crippen molar-refractivity contribution in [2.45, 2.75) is 43.6 Å². The SMILES string of the molecule is CC(O)C(NC(=O)N(C)c1ncnc2c1ncn2[C@@H]1O[C@H](CO)C(O)[C@@H]1O)C(=O)O. The van der Waals surface area contributed by atoms with Crippen LogP contribution in [0.25, 0.3) is 11.2 Å². The maximum Gasteiger partial charge on any atom is 0.328 e. The lowest BCUT2D eigenvalue weighted by Gasteiger charge is -2.22. The molecule has 1 saturated heterocycles. The predicted octanol–water partition coefficient (Wildman–Crippen LogP) is -2.58. The molecule has 3 heterocycles. The van der Waals surface area contributed by atoms with Crippen LogP contribution in [0.3, 0.4) is 0 Å². The highest BCUT2D eigenvalue weighted by Gasteiger charge is 2.44. The minimum atomic E-state index is -1.53. The minimum absolute atomic E-state index is 0.0257. The van der Waals surface area contributed by atoms with Crippen molar-refractivity contribution in [3.8, 4) is 0 Å². The molecule has 0 aliphatic carbocycles. The number of imidazole rings is 1. The van der Waals surface area contributed by atoms with Crippen molar-refractivity contribution in [1.82, 2.24) is 24.8 Å². The molecule has 0 bridgehead atoms. The molecule has 1 fully saturated rings. The van der Waals surface area contributed by atoms with E-state index in [2.05, 4.69) is 20.3 Å². The molecule has 1 aliphatic rings. The zero-order valence-electron chi connectivity index (χ0n) is 16.0. The summed E-state index contributed by atoms with van der Waals surface area (Å²) in [7, 11) is 1.32. The number of aliphatic hydroxyl groups is 4. The maximum atomic E-state index is 12.5. The lowest BCUT2D eigenvalue weighted by atomic mass is 10.1. The van der Waals surface area contributed by atoms with Crippen LogP contribution < -0.4 is 10.2 Å². The molecule has 14 nitrogen and oxygen atoms in total. The van der Waals surface area contributed by atoms with E-state index in [1.807, 2.05) is 0 Å². The fourth-order valence-corrected chi connectivity index (χ4v) is 3.10. The molecule has 6 atom stereocenters. The number of rotatable bonds is 6. The summed E-state index contributed by atoms with van der Waals surface area (Å²) in [5, 5.41) is 50.3. The first kappa shape index (κ1) is 21.8. The summed E-state index contributed by atoms with van der Waals surface area (Å²) in [5.41, 5.74) is 0.302. The van der Waals surface area contributed by atoms with Crippen molar-refractivity contribution in [2.24, 2.45) is 0 Å². The van der Waals surface area contributed by atoms with Gasteiger partial charge in [-0.25, -0.2) is 24.5 Å². The Morgan fingerprint density at radius 2 is 2.00 bits per heavy atom. The number of hydrogen-bond donors (Lipinski definition) is 6.